The molecule has 2 aromatic rings. The molecule has 0 aliphatic heterocycles. The van der Waals surface area contributed by atoms with Gasteiger partial charge in [0.25, 0.3) is 0 Å². The van der Waals surface area contributed by atoms with Gasteiger partial charge in [-0.3, -0.25) is 0 Å². The van der Waals surface area contributed by atoms with Crippen LogP contribution in [0.1, 0.15) is 48.8 Å². The molecule has 1 aromatic carbocycles. The van der Waals surface area contributed by atoms with Crippen molar-refractivity contribution in [1.82, 2.24) is 15.0 Å². The normalized spacial score (nSPS) is 10.8. The van der Waals surface area contributed by atoms with Gasteiger partial charge >= 0.3 is 5.97 Å². The summed E-state index contributed by atoms with van der Waals surface area (Å²) in [7, 11) is 3.12. The SMILES string of the molecule is CCC(CC)c1c(C(=O)O)nnn1-c1ccc(OC)cc1OC. The number of aromatic nitrogens is 3. The molecule has 7 heteroatoms. The Kier molecular flexibility index (Phi) is 5.20. The second-order valence-corrected chi connectivity index (χ2v) is 5.09. The Bertz CT molecular complexity index is 693. The van der Waals surface area contributed by atoms with Crippen LogP contribution >= 0.6 is 0 Å². The summed E-state index contributed by atoms with van der Waals surface area (Å²) in [5, 5.41) is 17.3. The topological polar surface area (TPSA) is 86.5 Å². The van der Waals surface area contributed by atoms with Crippen LogP contribution in [0.15, 0.2) is 18.2 Å². The summed E-state index contributed by atoms with van der Waals surface area (Å²) in [6, 6.07) is 5.29. The summed E-state index contributed by atoms with van der Waals surface area (Å²) < 4.78 is 12.1. The Morgan fingerprint density at radius 2 is 1.96 bits per heavy atom. The number of rotatable bonds is 7. The lowest BCUT2D eigenvalue weighted by molar-refractivity contribution is 0.0688. The summed E-state index contributed by atoms with van der Waals surface area (Å²) in [5.41, 5.74) is 1.21. The van der Waals surface area contributed by atoms with Gasteiger partial charge in [0.15, 0.2) is 5.69 Å². The van der Waals surface area contributed by atoms with Crippen molar-refractivity contribution in [2.75, 3.05) is 14.2 Å². The Balaban J connectivity index is 2.66. The number of hydrogen-bond donors (Lipinski definition) is 1. The highest BCUT2D eigenvalue weighted by molar-refractivity contribution is 5.87. The van der Waals surface area contributed by atoms with E-state index in [1.165, 1.54) is 0 Å². The van der Waals surface area contributed by atoms with E-state index in [9.17, 15) is 9.90 Å². The van der Waals surface area contributed by atoms with Crippen LogP contribution in [0.2, 0.25) is 0 Å². The Morgan fingerprint density at radius 1 is 1.26 bits per heavy atom. The highest BCUT2D eigenvalue weighted by Crippen LogP contribution is 2.32. The lowest BCUT2D eigenvalue weighted by Crippen LogP contribution is -2.12. The first-order valence-corrected chi connectivity index (χ1v) is 7.48. The van der Waals surface area contributed by atoms with Crippen LogP contribution in [-0.2, 0) is 0 Å². The van der Waals surface area contributed by atoms with Crippen molar-refractivity contribution in [3.63, 3.8) is 0 Å². The molecule has 0 atom stereocenters. The fraction of sp³-hybridized carbons (Fsp3) is 0.438. The average Bonchev–Trinajstić information content (AvgIpc) is 3.00. The van der Waals surface area contributed by atoms with Gasteiger partial charge in [-0.1, -0.05) is 19.1 Å². The zero-order valence-corrected chi connectivity index (χ0v) is 13.7. The van der Waals surface area contributed by atoms with E-state index in [0.29, 0.717) is 22.9 Å². The first-order chi connectivity index (χ1) is 11.1. The quantitative estimate of drug-likeness (QED) is 0.844. The second kappa shape index (κ2) is 7.13. The van der Waals surface area contributed by atoms with Crippen molar-refractivity contribution in [2.45, 2.75) is 32.6 Å². The summed E-state index contributed by atoms with van der Waals surface area (Å²) in [6.07, 6.45) is 1.59. The number of hydrogen-bond acceptors (Lipinski definition) is 5. The van der Waals surface area contributed by atoms with E-state index in [-0.39, 0.29) is 11.6 Å². The van der Waals surface area contributed by atoms with E-state index < -0.39 is 5.97 Å². The summed E-state index contributed by atoms with van der Waals surface area (Å²) in [6.45, 7) is 4.03. The second-order valence-electron chi connectivity index (χ2n) is 5.09. The lowest BCUT2D eigenvalue weighted by Gasteiger charge is -2.17. The van der Waals surface area contributed by atoms with Crippen molar-refractivity contribution in [3.8, 4) is 17.2 Å². The number of nitrogens with zero attached hydrogens (tertiary/aromatic N) is 3. The first-order valence-electron chi connectivity index (χ1n) is 7.48. The molecule has 0 saturated carbocycles. The predicted molar refractivity (Wildman–Crippen MR) is 84.7 cm³/mol. The van der Waals surface area contributed by atoms with Crippen molar-refractivity contribution >= 4 is 5.97 Å². The van der Waals surface area contributed by atoms with Gasteiger partial charge in [0, 0.05) is 12.0 Å². The molecular formula is C16H21N3O4. The molecular weight excluding hydrogens is 298 g/mol. The number of carbonyl (C=O) groups is 1. The van der Waals surface area contributed by atoms with Crippen LogP contribution in [0.4, 0.5) is 0 Å². The van der Waals surface area contributed by atoms with Gasteiger partial charge in [0.2, 0.25) is 0 Å². The highest BCUT2D eigenvalue weighted by Gasteiger charge is 2.26. The molecule has 124 valence electrons. The summed E-state index contributed by atoms with van der Waals surface area (Å²) in [4.78, 5) is 11.5. The molecule has 1 N–H and O–H groups in total. The van der Waals surface area contributed by atoms with Crippen LogP contribution < -0.4 is 9.47 Å². The molecule has 1 aromatic heterocycles. The third-order valence-electron chi connectivity index (χ3n) is 3.89. The molecule has 0 bridgehead atoms. The molecule has 0 aliphatic carbocycles. The maximum atomic E-state index is 11.5. The van der Waals surface area contributed by atoms with Crippen LogP contribution in [0.5, 0.6) is 11.5 Å². The molecule has 0 amide bonds. The maximum absolute atomic E-state index is 11.5. The molecule has 0 saturated heterocycles. The Hall–Kier alpha value is -2.57. The van der Waals surface area contributed by atoms with Gasteiger partial charge < -0.3 is 14.6 Å². The molecule has 0 spiro atoms. The summed E-state index contributed by atoms with van der Waals surface area (Å²) in [5.74, 6) is 0.153. The van der Waals surface area contributed by atoms with Crippen LogP contribution in [-0.4, -0.2) is 40.3 Å². The zero-order valence-electron chi connectivity index (χ0n) is 13.7. The minimum atomic E-state index is -1.08. The minimum Gasteiger partial charge on any atom is -0.497 e. The van der Waals surface area contributed by atoms with Gasteiger partial charge in [0.1, 0.15) is 17.2 Å². The van der Waals surface area contributed by atoms with E-state index in [4.69, 9.17) is 9.47 Å². The van der Waals surface area contributed by atoms with E-state index in [1.54, 1.807) is 37.1 Å². The predicted octanol–water partition coefficient (Wildman–Crippen LogP) is 2.89. The van der Waals surface area contributed by atoms with E-state index >= 15 is 0 Å². The molecule has 0 aliphatic rings. The number of carboxylic acid groups (broad SMARTS) is 1. The Labute approximate surface area is 134 Å². The van der Waals surface area contributed by atoms with Gasteiger partial charge in [-0.2, -0.15) is 0 Å². The van der Waals surface area contributed by atoms with Crippen LogP contribution in [0.3, 0.4) is 0 Å². The van der Waals surface area contributed by atoms with E-state index in [2.05, 4.69) is 10.3 Å². The van der Waals surface area contributed by atoms with Crippen molar-refractivity contribution in [1.29, 1.82) is 0 Å². The third kappa shape index (κ3) is 3.13. The summed E-state index contributed by atoms with van der Waals surface area (Å²) >= 11 is 0. The monoisotopic (exact) mass is 319 g/mol. The molecule has 0 unspecified atom stereocenters. The number of methoxy groups -OCH3 is 2. The minimum absolute atomic E-state index is 0.0171. The van der Waals surface area contributed by atoms with E-state index in [1.807, 2.05) is 13.8 Å². The molecule has 0 radical (unpaired) electrons. The largest absolute Gasteiger partial charge is 0.497 e. The van der Waals surface area contributed by atoms with Gasteiger partial charge in [-0.15, -0.1) is 5.10 Å². The fourth-order valence-corrected chi connectivity index (χ4v) is 2.62. The van der Waals surface area contributed by atoms with Crippen molar-refractivity contribution in [2.24, 2.45) is 0 Å². The fourth-order valence-electron chi connectivity index (χ4n) is 2.62. The first kappa shape index (κ1) is 16.8. The molecule has 2 rings (SSSR count). The highest BCUT2D eigenvalue weighted by atomic mass is 16.5. The number of ether oxygens (including phenoxy) is 2. The van der Waals surface area contributed by atoms with E-state index in [0.717, 1.165) is 12.8 Å². The molecule has 1 heterocycles. The maximum Gasteiger partial charge on any atom is 0.358 e. The smallest absolute Gasteiger partial charge is 0.358 e. The zero-order chi connectivity index (χ0) is 17.0. The van der Waals surface area contributed by atoms with Gasteiger partial charge in [-0.05, 0) is 25.0 Å². The van der Waals surface area contributed by atoms with Gasteiger partial charge in [0.05, 0.1) is 19.9 Å². The number of aromatic carboxylic acids is 1. The lowest BCUT2D eigenvalue weighted by atomic mass is 9.97. The number of benzene rings is 1. The number of carboxylic acids is 1. The molecule has 0 fully saturated rings. The Morgan fingerprint density at radius 3 is 2.48 bits per heavy atom. The third-order valence-corrected chi connectivity index (χ3v) is 3.89. The standard InChI is InChI=1S/C16H21N3O4/c1-5-10(6-2)15-14(16(20)21)17-18-19(15)12-8-7-11(22-3)9-13(12)23-4/h7-10H,5-6H2,1-4H3,(H,20,21). The van der Waals surface area contributed by atoms with Crippen LogP contribution in [0, 0.1) is 0 Å². The average molecular weight is 319 g/mol. The van der Waals surface area contributed by atoms with Crippen molar-refractivity contribution in [3.05, 3.63) is 29.6 Å². The van der Waals surface area contributed by atoms with Crippen molar-refractivity contribution < 1.29 is 19.4 Å². The molecule has 7 nitrogen and oxygen atoms in total. The molecule has 23 heavy (non-hydrogen) atoms. The van der Waals surface area contributed by atoms with Crippen LogP contribution in [0.25, 0.3) is 5.69 Å². The van der Waals surface area contributed by atoms with Gasteiger partial charge in [-0.25, -0.2) is 9.48 Å².